The molecule has 6 nitrogen and oxygen atoms in total. The smallest absolute Gasteiger partial charge is 0.243 e. The van der Waals surface area contributed by atoms with Gasteiger partial charge < -0.3 is 10.6 Å². The van der Waals surface area contributed by atoms with Gasteiger partial charge in [0, 0.05) is 18.0 Å². The zero-order chi connectivity index (χ0) is 14.0. The predicted molar refractivity (Wildman–Crippen MR) is 74.3 cm³/mol. The van der Waals surface area contributed by atoms with E-state index >= 15 is 0 Å². The van der Waals surface area contributed by atoms with Gasteiger partial charge in [0.1, 0.15) is 0 Å². The SMILES string of the molecule is Cc1nc(NC(=O)[C@H](C)N2CCNC(=O)C2)sc1C. The Morgan fingerprint density at radius 2 is 2.26 bits per heavy atom. The van der Waals surface area contributed by atoms with Crippen LogP contribution in [0.15, 0.2) is 0 Å². The van der Waals surface area contributed by atoms with E-state index in [2.05, 4.69) is 15.6 Å². The Labute approximate surface area is 116 Å². The molecule has 0 bridgehead atoms. The van der Waals surface area contributed by atoms with Crippen LogP contribution < -0.4 is 10.6 Å². The summed E-state index contributed by atoms with van der Waals surface area (Å²) in [5.74, 6) is -0.157. The highest BCUT2D eigenvalue weighted by atomic mass is 32.1. The molecule has 0 saturated carbocycles. The molecule has 7 heteroatoms. The highest BCUT2D eigenvalue weighted by Crippen LogP contribution is 2.21. The van der Waals surface area contributed by atoms with Crippen molar-refractivity contribution in [3.8, 4) is 0 Å². The molecule has 0 spiro atoms. The maximum Gasteiger partial charge on any atom is 0.243 e. The number of rotatable bonds is 3. The van der Waals surface area contributed by atoms with Crippen molar-refractivity contribution < 1.29 is 9.59 Å². The number of carbonyl (C=O) groups is 2. The number of hydrogen-bond acceptors (Lipinski definition) is 5. The van der Waals surface area contributed by atoms with Crippen molar-refractivity contribution >= 4 is 28.3 Å². The largest absolute Gasteiger partial charge is 0.354 e. The third kappa shape index (κ3) is 3.30. The molecule has 0 unspecified atom stereocenters. The summed E-state index contributed by atoms with van der Waals surface area (Å²) in [6.45, 7) is 7.24. The third-order valence-electron chi connectivity index (χ3n) is 3.25. The second kappa shape index (κ2) is 5.66. The maximum absolute atomic E-state index is 12.1. The summed E-state index contributed by atoms with van der Waals surface area (Å²) in [6.07, 6.45) is 0. The van der Waals surface area contributed by atoms with Gasteiger partial charge in [0.15, 0.2) is 5.13 Å². The van der Waals surface area contributed by atoms with Crippen molar-refractivity contribution in [2.24, 2.45) is 0 Å². The molecular formula is C12H18N4O2S. The second-order valence-electron chi connectivity index (χ2n) is 4.65. The number of piperazine rings is 1. The van der Waals surface area contributed by atoms with Crippen molar-refractivity contribution in [1.29, 1.82) is 0 Å². The van der Waals surface area contributed by atoms with Crippen LogP contribution in [0.3, 0.4) is 0 Å². The van der Waals surface area contributed by atoms with E-state index in [1.165, 1.54) is 11.3 Å². The lowest BCUT2D eigenvalue weighted by Gasteiger charge is -2.30. The summed E-state index contributed by atoms with van der Waals surface area (Å²) >= 11 is 1.47. The zero-order valence-electron chi connectivity index (χ0n) is 11.3. The highest BCUT2D eigenvalue weighted by Gasteiger charge is 2.26. The van der Waals surface area contributed by atoms with Gasteiger partial charge in [-0.05, 0) is 20.8 Å². The molecule has 2 N–H and O–H groups in total. The molecule has 2 rings (SSSR count). The maximum atomic E-state index is 12.1. The van der Waals surface area contributed by atoms with E-state index in [0.717, 1.165) is 10.6 Å². The van der Waals surface area contributed by atoms with Crippen molar-refractivity contribution in [2.75, 3.05) is 25.0 Å². The van der Waals surface area contributed by atoms with Gasteiger partial charge in [-0.25, -0.2) is 4.98 Å². The molecule has 19 heavy (non-hydrogen) atoms. The van der Waals surface area contributed by atoms with Gasteiger partial charge in [-0.1, -0.05) is 0 Å². The molecule has 104 valence electrons. The first-order valence-corrected chi connectivity index (χ1v) is 7.04. The van der Waals surface area contributed by atoms with E-state index in [4.69, 9.17) is 0 Å². The zero-order valence-corrected chi connectivity index (χ0v) is 12.1. The fourth-order valence-electron chi connectivity index (χ4n) is 1.89. The molecule has 2 heterocycles. The van der Waals surface area contributed by atoms with Crippen LogP contribution in [0.1, 0.15) is 17.5 Å². The van der Waals surface area contributed by atoms with Crippen LogP contribution in [0.4, 0.5) is 5.13 Å². The topological polar surface area (TPSA) is 74.3 Å². The Kier molecular flexibility index (Phi) is 4.16. The van der Waals surface area contributed by atoms with Crippen LogP contribution in [-0.4, -0.2) is 47.4 Å². The Morgan fingerprint density at radius 3 is 2.84 bits per heavy atom. The minimum Gasteiger partial charge on any atom is -0.354 e. The molecule has 1 atom stereocenters. The molecule has 1 aliphatic rings. The number of hydrogen-bond donors (Lipinski definition) is 2. The standard InChI is InChI=1S/C12H18N4O2S/c1-7-9(3)19-12(14-7)15-11(18)8(2)16-5-4-13-10(17)6-16/h8H,4-6H2,1-3H3,(H,13,17)(H,14,15,18)/t8-/m0/s1. The monoisotopic (exact) mass is 282 g/mol. The van der Waals surface area contributed by atoms with Gasteiger partial charge in [0.05, 0.1) is 18.3 Å². The first kappa shape index (κ1) is 14.0. The molecule has 1 fully saturated rings. The van der Waals surface area contributed by atoms with Crippen LogP contribution in [0.25, 0.3) is 0 Å². The lowest BCUT2D eigenvalue weighted by Crippen LogP contribution is -2.53. The number of thiazole rings is 1. The third-order valence-corrected chi connectivity index (χ3v) is 4.24. The molecule has 0 aliphatic carbocycles. The fraction of sp³-hybridized carbons (Fsp3) is 0.583. The van der Waals surface area contributed by atoms with E-state index in [0.29, 0.717) is 18.2 Å². The average Bonchev–Trinajstić information content (AvgIpc) is 2.67. The Balaban J connectivity index is 1.97. The Bertz CT molecular complexity index is 480. The Morgan fingerprint density at radius 1 is 1.53 bits per heavy atom. The van der Waals surface area contributed by atoms with Gasteiger partial charge in [0.2, 0.25) is 11.8 Å². The van der Waals surface area contributed by atoms with E-state index in [1.54, 1.807) is 6.92 Å². The second-order valence-corrected chi connectivity index (χ2v) is 5.85. The van der Waals surface area contributed by atoms with E-state index < -0.39 is 0 Å². The van der Waals surface area contributed by atoms with Crippen molar-refractivity contribution in [1.82, 2.24) is 15.2 Å². The van der Waals surface area contributed by atoms with Crippen molar-refractivity contribution in [3.63, 3.8) is 0 Å². The van der Waals surface area contributed by atoms with Crippen molar-refractivity contribution in [3.05, 3.63) is 10.6 Å². The normalized spacial score (nSPS) is 17.9. The van der Waals surface area contributed by atoms with Crippen LogP contribution in [0, 0.1) is 13.8 Å². The number of nitrogens with zero attached hydrogens (tertiary/aromatic N) is 2. The number of aromatic nitrogens is 1. The molecule has 1 aliphatic heterocycles. The number of anilines is 1. The van der Waals surface area contributed by atoms with Crippen molar-refractivity contribution in [2.45, 2.75) is 26.8 Å². The van der Waals surface area contributed by atoms with Gasteiger partial charge in [-0.2, -0.15) is 0 Å². The minimum absolute atomic E-state index is 0.0353. The first-order chi connectivity index (χ1) is 8.97. The van der Waals surface area contributed by atoms with Crippen LogP contribution in [-0.2, 0) is 9.59 Å². The molecule has 1 aromatic heterocycles. The quantitative estimate of drug-likeness (QED) is 0.847. The summed E-state index contributed by atoms with van der Waals surface area (Å²) in [4.78, 5) is 30.7. The van der Waals surface area contributed by atoms with Crippen LogP contribution >= 0.6 is 11.3 Å². The van der Waals surface area contributed by atoms with Crippen LogP contribution in [0.5, 0.6) is 0 Å². The summed E-state index contributed by atoms with van der Waals surface area (Å²) < 4.78 is 0. The summed E-state index contributed by atoms with van der Waals surface area (Å²) in [6, 6.07) is -0.337. The van der Waals surface area contributed by atoms with E-state index in [9.17, 15) is 9.59 Å². The highest BCUT2D eigenvalue weighted by molar-refractivity contribution is 7.15. The summed E-state index contributed by atoms with van der Waals surface area (Å²) in [7, 11) is 0. The number of carbonyl (C=O) groups excluding carboxylic acids is 2. The number of nitrogens with one attached hydrogen (secondary N) is 2. The van der Waals surface area contributed by atoms with E-state index in [-0.39, 0.29) is 24.4 Å². The summed E-state index contributed by atoms with van der Waals surface area (Å²) in [5, 5.41) is 6.17. The lowest BCUT2D eigenvalue weighted by atomic mass is 10.2. The predicted octanol–water partition coefficient (Wildman–Crippen LogP) is 0.519. The first-order valence-electron chi connectivity index (χ1n) is 6.23. The molecule has 1 aromatic rings. The molecular weight excluding hydrogens is 264 g/mol. The molecule has 1 saturated heterocycles. The Hall–Kier alpha value is -1.47. The average molecular weight is 282 g/mol. The summed E-state index contributed by atoms with van der Waals surface area (Å²) in [5.41, 5.74) is 0.935. The number of amides is 2. The van der Waals surface area contributed by atoms with E-state index in [1.807, 2.05) is 18.7 Å². The lowest BCUT2D eigenvalue weighted by molar-refractivity contribution is -0.127. The molecule has 0 radical (unpaired) electrons. The van der Waals surface area contributed by atoms with Gasteiger partial charge in [-0.3, -0.25) is 14.5 Å². The van der Waals surface area contributed by atoms with Crippen LogP contribution in [0.2, 0.25) is 0 Å². The molecule has 0 aromatic carbocycles. The van der Waals surface area contributed by atoms with Gasteiger partial charge in [-0.15, -0.1) is 11.3 Å². The minimum atomic E-state index is -0.337. The fourth-order valence-corrected chi connectivity index (χ4v) is 2.71. The molecule has 2 amide bonds. The van der Waals surface area contributed by atoms with Gasteiger partial charge >= 0.3 is 0 Å². The number of aryl methyl sites for hydroxylation is 2. The van der Waals surface area contributed by atoms with Gasteiger partial charge in [0.25, 0.3) is 0 Å².